The second kappa shape index (κ2) is 6.75. The Morgan fingerprint density at radius 3 is 2.60 bits per heavy atom. The highest BCUT2D eigenvalue weighted by molar-refractivity contribution is 5.78. The Bertz CT molecular complexity index is 442. The number of ether oxygens (including phenoxy) is 1. The number of rotatable bonds is 6. The van der Waals surface area contributed by atoms with Crippen LogP contribution in [-0.4, -0.2) is 51.7 Å². The molecule has 2 rings (SSSR count). The van der Waals surface area contributed by atoms with E-state index >= 15 is 0 Å². The molecule has 0 spiro atoms. The van der Waals surface area contributed by atoms with Gasteiger partial charge in [-0.15, -0.1) is 0 Å². The summed E-state index contributed by atoms with van der Waals surface area (Å²) in [4.78, 5) is 15.9. The fourth-order valence-corrected chi connectivity index (χ4v) is 2.67. The van der Waals surface area contributed by atoms with Gasteiger partial charge in [-0.2, -0.15) is 0 Å². The lowest BCUT2D eigenvalue weighted by molar-refractivity contribution is -0.128. The van der Waals surface area contributed by atoms with Crippen LogP contribution in [0.2, 0.25) is 0 Å². The Kier molecular flexibility index (Phi) is 5.01. The maximum absolute atomic E-state index is 11.9. The van der Waals surface area contributed by atoms with Crippen LogP contribution in [0.3, 0.4) is 0 Å². The number of likely N-dealkylation sites (tertiary alicyclic amines) is 1. The number of nitrogens with zero attached hydrogens (tertiary/aromatic N) is 2. The van der Waals surface area contributed by atoms with Crippen LogP contribution in [0.4, 0.5) is 5.69 Å². The predicted octanol–water partition coefficient (Wildman–Crippen LogP) is 1.79. The first kappa shape index (κ1) is 14.9. The Hall–Kier alpha value is -1.55. The molecule has 1 fully saturated rings. The fraction of sp³-hybridized carbons (Fsp3) is 0.562. The molecule has 0 aromatic heterocycles. The van der Waals surface area contributed by atoms with E-state index in [1.54, 1.807) is 7.11 Å². The Balaban J connectivity index is 1.89. The van der Waals surface area contributed by atoms with E-state index in [1.807, 2.05) is 19.0 Å². The largest absolute Gasteiger partial charge is 0.383 e. The molecule has 1 aromatic carbocycles. The molecule has 0 radical (unpaired) electrons. The van der Waals surface area contributed by atoms with Crippen molar-refractivity contribution < 1.29 is 9.53 Å². The highest BCUT2D eigenvalue weighted by Gasteiger charge is 2.28. The van der Waals surface area contributed by atoms with E-state index in [2.05, 4.69) is 29.2 Å². The quantitative estimate of drug-likeness (QED) is 0.794. The summed E-state index contributed by atoms with van der Waals surface area (Å²) in [7, 11) is 5.75. The third kappa shape index (κ3) is 3.73. The van der Waals surface area contributed by atoms with Gasteiger partial charge >= 0.3 is 0 Å². The standard InChI is InChI=1S/C16H24N2O2/c1-17(2)15-6-4-13(5-7-15)10-14-11-16(19)18(12-14)8-9-20-3/h4-7,14H,8-12H2,1-3H3/t14-/m1/s1. The average Bonchev–Trinajstić information content (AvgIpc) is 2.77. The molecular weight excluding hydrogens is 252 g/mol. The van der Waals surface area contributed by atoms with Crippen LogP contribution < -0.4 is 4.90 Å². The zero-order chi connectivity index (χ0) is 14.5. The summed E-state index contributed by atoms with van der Waals surface area (Å²) in [6.07, 6.45) is 1.64. The second-order valence-corrected chi connectivity index (χ2v) is 5.67. The average molecular weight is 276 g/mol. The molecule has 1 aliphatic rings. The number of benzene rings is 1. The molecule has 1 atom stereocenters. The molecule has 1 aliphatic heterocycles. The summed E-state index contributed by atoms with van der Waals surface area (Å²) in [5.41, 5.74) is 2.51. The summed E-state index contributed by atoms with van der Waals surface area (Å²) < 4.78 is 5.04. The van der Waals surface area contributed by atoms with Crippen LogP contribution in [0.15, 0.2) is 24.3 Å². The summed E-state index contributed by atoms with van der Waals surface area (Å²) in [6.45, 7) is 2.19. The topological polar surface area (TPSA) is 32.8 Å². The van der Waals surface area contributed by atoms with Crippen molar-refractivity contribution in [1.82, 2.24) is 4.90 Å². The lowest BCUT2D eigenvalue weighted by Crippen LogP contribution is -2.28. The van der Waals surface area contributed by atoms with Crippen molar-refractivity contribution in [3.05, 3.63) is 29.8 Å². The van der Waals surface area contributed by atoms with Gasteiger partial charge in [0.15, 0.2) is 0 Å². The molecule has 4 nitrogen and oxygen atoms in total. The summed E-state index contributed by atoms with van der Waals surface area (Å²) in [6, 6.07) is 8.60. The Labute approximate surface area is 121 Å². The summed E-state index contributed by atoms with van der Waals surface area (Å²) in [5.74, 6) is 0.696. The molecule has 1 aromatic rings. The smallest absolute Gasteiger partial charge is 0.223 e. The van der Waals surface area contributed by atoms with Gasteiger partial charge in [-0.3, -0.25) is 4.79 Å². The number of hydrogen-bond acceptors (Lipinski definition) is 3. The van der Waals surface area contributed by atoms with Crippen LogP contribution >= 0.6 is 0 Å². The molecule has 1 amide bonds. The molecular formula is C16H24N2O2. The Morgan fingerprint density at radius 2 is 2.00 bits per heavy atom. The van der Waals surface area contributed by atoms with Gasteiger partial charge in [0.1, 0.15) is 0 Å². The van der Waals surface area contributed by atoms with E-state index in [-0.39, 0.29) is 5.91 Å². The Morgan fingerprint density at radius 1 is 1.30 bits per heavy atom. The van der Waals surface area contributed by atoms with E-state index in [4.69, 9.17) is 4.74 Å². The van der Waals surface area contributed by atoms with Crippen LogP contribution in [-0.2, 0) is 16.0 Å². The molecule has 0 aliphatic carbocycles. The SMILES string of the molecule is COCCN1C[C@H](Cc2ccc(N(C)C)cc2)CC1=O. The lowest BCUT2D eigenvalue weighted by atomic mass is 9.98. The van der Waals surface area contributed by atoms with Crippen molar-refractivity contribution in [2.45, 2.75) is 12.8 Å². The number of anilines is 1. The monoisotopic (exact) mass is 276 g/mol. The maximum Gasteiger partial charge on any atom is 0.223 e. The van der Waals surface area contributed by atoms with Crippen molar-refractivity contribution in [1.29, 1.82) is 0 Å². The number of hydrogen-bond donors (Lipinski definition) is 0. The number of carbonyl (C=O) groups is 1. The van der Waals surface area contributed by atoms with E-state index in [0.717, 1.165) is 13.0 Å². The van der Waals surface area contributed by atoms with Crippen molar-refractivity contribution in [3.8, 4) is 0 Å². The van der Waals surface area contributed by atoms with Gasteiger partial charge in [-0.05, 0) is 30.0 Å². The maximum atomic E-state index is 11.9. The van der Waals surface area contributed by atoms with Gasteiger partial charge in [0.2, 0.25) is 5.91 Å². The lowest BCUT2D eigenvalue weighted by Gasteiger charge is -2.16. The molecule has 1 saturated heterocycles. The first-order chi connectivity index (χ1) is 9.60. The van der Waals surface area contributed by atoms with Gasteiger partial charge in [-0.1, -0.05) is 12.1 Å². The number of amides is 1. The zero-order valence-electron chi connectivity index (χ0n) is 12.6. The van der Waals surface area contributed by atoms with Crippen LogP contribution in [0.1, 0.15) is 12.0 Å². The van der Waals surface area contributed by atoms with Crippen LogP contribution in [0.5, 0.6) is 0 Å². The van der Waals surface area contributed by atoms with E-state index in [0.29, 0.717) is 25.5 Å². The normalized spacial score (nSPS) is 18.6. The van der Waals surface area contributed by atoms with E-state index < -0.39 is 0 Å². The first-order valence-corrected chi connectivity index (χ1v) is 7.13. The van der Waals surface area contributed by atoms with E-state index in [1.165, 1.54) is 11.3 Å². The molecule has 20 heavy (non-hydrogen) atoms. The van der Waals surface area contributed by atoms with Crippen LogP contribution in [0, 0.1) is 5.92 Å². The summed E-state index contributed by atoms with van der Waals surface area (Å²) >= 11 is 0. The molecule has 0 N–H and O–H groups in total. The zero-order valence-corrected chi connectivity index (χ0v) is 12.6. The fourth-order valence-electron chi connectivity index (χ4n) is 2.67. The van der Waals surface area contributed by atoms with Gasteiger partial charge in [0.25, 0.3) is 0 Å². The third-order valence-corrected chi connectivity index (χ3v) is 3.84. The predicted molar refractivity (Wildman–Crippen MR) is 81.0 cm³/mol. The highest BCUT2D eigenvalue weighted by Crippen LogP contribution is 2.23. The van der Waals surface area contributed by atoms with Gasteiger partial charge < -0.3 is 14.5 Å². The van der Waals surface area contributed by atoms with Crippen molar-refractivity contribution in [3.63, 3.8) is 0 Å². The first-order valence-electron chi connectivity index (χ1n) is 7.13. The minimum absolute atomic E-state index is 0.261. The van der Waals surface area contributed by atoms with Gasteiger partial charge in [0.05, 0.1) is 6.61 Å². The third-order valence-electron chi connectivity index (χ3n) is 3.84. The molecule has 4 heteroatoms. The second-order valence-electron chi connectivity index (χ2n) is 5.67. The number of methoxy groups -OCH3 is 1. The minimum Gasteiger partial charge on any atom is -0.383 e. The molecule has 0 bridgehead atoms. The van der Waals surface area contributed by atoms with Crippen molar-refractivity contribution >= 4 is 11.6 Å². The molecule has 110 valence electrons. The minimum atomic E-state index is 0.261. The van der Waals surface area contributed by atoms with Gasteiger partial charge in [0, 0.05) is 46.4 Å². The highest BCUT2D eigenvalue weighted by atomic mass is 16.5. The summed E-state index contributed by atoms with van der Waals surface area (Å²) in [5, 5.41) is 0. The van der Waals surface area contributed by atoms with E-state index in [9.17, 15) is 4.79 Å². The number of carbonyl (C=O) groups excluding carboxylic acids is 1. The molecule has 0 saturated carbocycles. The molecule has 0 unspecified atom stereocenters. The van der Waals surface area contributed by atoms with Crippen molar-refractivity contribution in [2.75, 3.05) is 45.8 Å². The van der Waals surface area contributed by atoms with Crippen LogP contribution in [0.25, 0.3) is 0 Å². The van der Waals surface area contributed by atoms with Crippen molar-refractivity contribution in [2.24, 2.45) is 5.92 Å². The molecule has 1 heterocycles. The van der Waals surface area contributed by atoms with Gasteiger partial charge in [-0.25, -0.2) is 0 Å².